The number of likely N-dealkylation sites (tertiary alicyclic amines) is 1. The molecule has 1 aromatic carbocycles. The van der Waals surface area contributed by atoms with E-state index in [1.165, 1.54) is 6.92 Å². The van der Waals surface area contributed by atoms with Crippen LogP contribution in [-0.4, -0.2) is 107 Å². The van der Waals surface area contributed by atoms with Gasteiger partial charge in [-0.1, -0.05) is 78.3 Å². The number of aliphatic hydroxyl groups is 1. The van der Waals surface area contributed by atoms with Gasteiger partial charge in [-0.15, -0.1) is 0 Å². The number of β-amino-alcohol motifs (C(OH)–C–C–N with tert-alkyl or cyclic N) is 1. The van der Waals surface area contributed by atoms with E-state index in [0.29, 0.717) is 32.2 Å². The highest BCUT2D eigenvalue weighted by atomic mass is 16.3. The Labute approximate surface area is 318 Å². The number of nitrogens with one attached hydrogen (secondary N) is 5. The Bertz CT molecular complexity index is 1440. The molecule has 0 saturated carbocycles. The minimum atomic E-state index is -1.37. The molecule has 302 valence electrons. The van der Waals surface area contributed by atoms with Gasteiger partial charge in [0.25, 0.3) is 0 Å². The first-order valence-electron chi connectivity index (χ1n) is 18.9. The van der Waals surface area contributed by atoms with Gasteiger partial charge in [0, 0.05) is 13.5 Å². The molecule has 1 aliphatic heterocycles. The van der Waals surface area contributed by atoms with Gasteiger partial charge >= 0.3 is 0 Å². The van der Waals surface area contributed by atoms with E-state index in [-0.39, 0.29) is 30.7 Å². The van der Waals surface area contributed by atoms with Crippen molar-refractivity contribution in [1.82, 2.24) is 31.5 Å². The van der Waals surface area contributed by atoms with E-state index in [4.69, 9.17) is 11.5 Å². The highest BCUT2D eigenvalue weighted by Crippen LogP contribution is 2.21. The van der Waals surface area contributed by atoms with Crippen molar-refractivity contribution >= 4 is 41.4 Å². The molecule has 10 N–H and O–H groups in total. The van der Waals surface area contributed by atoms with E-state index in [0.717, 1.165) is 5.56 Å². The van der Waals surface area contributed by atoms with Gasteiger partial charge in [0.1, 0.15) is 18.1 Å². The highest BCUT2D eigenvalue weighted by Gasteiger charge is 2.38. The van der Waals surface area contributed by atoms with Crippen LogP contribution in [0.15, 0.2) is 30.3 Å². The summed E-state index contributed by atoms with van der Waals surface area (Å²) < 4.78 is 0. The average molecular weight is 759 g/mol. The van der Waals surface area contributed by atoms with E-state index >= 15 is 0 Å². The fourth-order valence-electron chi connectivity index (χ4n) is 6.43. The minimum absolute atomic E-state index is 0.00221. The molecule has 0 radical (unpaired) electrons. The number of nitrogens with zero attached hydrogens (tertiary/aromatic N) is 1. The van der Waals surface area contributed by atoms with Gasteiger partial charge in [-0.2, -0.15) is 0 Å². The van der Waals surface area contributed by atoms with Crippen molar-refractivity contribution in [3.63, 3.8) is 0 Å². The molecule has 1 aromatic rings. The van der Waals surface area contributed by atoms with Crippen molar-refractivity contribution in [3.05, 3.63) is 35.9 Å². The lowest BCUT2D eigenvalue weighted by Gasteiger charge is -2.32. The van der Waals surface area contributed by atoms with Gasteiger partial charge in [-0.25, -0.2) is 0 Å². The summed E-state index contributed by atoms with van der Waals surface area (Å²) in [5.74, 6) is -4.72. The molecule has 16 heteroatoms. The Morgan fingerprint density at radius 1 is 0.889 bits per heavy atom. The van der Waals surface area contributed by atoms with Gasteiger partial charge < -0.3 is 37.8 Å². The molecule has 7 amide bonds. The van der Waals surface area contributed by atoms with Gasteiger partial charge in [0.05, 0.1) is 30.7 Å². The Morgan fingerprint density at radius 3 is 2.09 bits per heavy atom. The second kappa shape index (κ2) is 22.1. The maximum absolute atomic E-state index is 13.7. The van der Waals surface area contributed by atoms with Crippen molar-refractivity contribution in [2.24, 2.45) is 29.2 Å². The summed E-state index contributed by atoms with van der Waals surface area (Å²) in [6.07, 6.45) is 0.482. The molecule has 0 aromatic heterocycles. The van der Waals surface area contributed by atoms with E-state index < -0.39 is 90.1 Å². The van der Waals surface area contributed by atoms with Crippen molar-refractivity contribution in [2.75, 3.05) is 13.1 Å². The molecule has 2 rings (SSSR count). The standard InChI is InChI=1S/C38H62N8O8/c1-8-23(6)33(38(54)44-32(22(4)5)34(40)50)45-37(53)29-15-12-16-46(29)20-30(48)27(18-25-13-10-9-11-14-25)42-35(51)26(39)19-31(49)43-36(52)28(17-21(2)3)41-24(7)47/h9-11,13-14,21-23,26-30,32-33,48H,8,12,15-20,39H2,1-7H3,(H2,40,50)(H,41,47)(H,42,51)(H,44,54)(H,45,53)(H,43,49,52)/t23?,26-,27-,28-,29-,30-,32-,33-/m0/s1. The van der Waals surface area contributed by atoms with Crippen LogP contribution < -0.4 is 38.1 Å². The summed E-state index contributed by atoms with van der Waals surface area (Å²) in [5, 5.41) is 24.6. The third-order valence-corrected chi connectivity index (χ3v) is 9.65. The first-order valence-corrected chi connectivity index (χ1v) is 18.9. The number of imide groups is 1. The Kier molecular flexibility index (Phi) is 18.7. The number of amides is 7. The molecule has 1 unspecified atom stereocenters. The Balaban J connectivity index is 2.17. The van der Waals surface area contributed by atoms with Crippen LogP contribution in [0.4, 0.5) is 0 Å². The fourth-order valence-corrected chi connectivity index (χ4v) is 6.43. The van der Waals surface area contributed by atoms with Crippen LogP contribution in [0.2, 0.25) is 0 Å². The molecule has 1 heterocycles. The largest absolute Gasteiger partial charge is 0.390 e. The average Bonchev–Trinajstić information content (AvgIpc) is 3.56. The normalized spacial score (nSPS) is 18.4. The lowest BCUT2D eigenvalue weighted by Crippen LogP contribution is -2.59. The zero-order chi connectivity index (χ0) is 40.7. The summed E-state index contributed by atoms with van der Waals surface area (Å²) in [5.41, 5.74) is 12.4. The smallest absolute Gasteiger partial charge is 0.249 e. The number of rotatable bonds is 21. The number of benzene rings is 1. The summed E-state index contributed by atoms with van der Waals surface area (Å²) in [6, 6.07) is 3.44. The van der Waals surface area contributed by atoms with E-state index in [9.17, 15) is 38.7 Å². The molecule has 8 atom stereocenters. The lowest BCUT2D eigenvalue weighted by molar-refractivity contribution is -0.135. The predicted octanol–water partition coefficient (Wildman–Crippen LogP) is -0.393. The zero-order valence-electron chi connectivity index (χ0n) is 32.7. The summed E-state index contributed by atoms with van der Waals surface area (Å²) in [7, 11) is 0. The molecule has 0 bridgehead atoms. The highest BCUT2D eigenvalue weighted by molar-refractivity contribution is 6.00. The third kappa shape index (κ3) is 14.8. The number of nitrogens with two attached hydrogens (primary N) is 2. The maximum atomic E-state index is 13.7. The van der Waals surface area contributed by atoms with Crippen LogP contribution in [0, 0.1) is 17.8 Å². The van der Waals surface area contributed by atoms with Crippen LogP contribution in [0.1, 0.15) is 86.1 Å². The molecule has 1 fully saturated rings. The summed E-state index contributed by atoms with van der Waals surface area (Å²) in [6.45, 7) is 12.7. The van der Waals surface area contributed by atoms with Crippen LogP contribution in [0.25, 0.3) is 0 Å². The number of hydrogen-bond donors (Lipinski definition) is 8. The van der Waals surface area contributed by atoms with Crippen LogP contribution in [-0.2, 0) is 40.0 Å². The van der Waals surface area contributed by atoms with Crippen molar-refractivity contribution in [1.29, 1.82) is 0 Å². The van der Waals surface area contributed by atoms with Crippen LogP contribution in [0.5, 0.6) is 0 Å². The minimum Gasteiger partial charge on any atom is -0.390 e. The number of carbonyl (C=O) groups is 7. The van der Waals surface area contributed by atoms with Crippen LogP contribution in [0.3, 0.4) is 0 Å². The summed E-state index contributed by atoms with van der Waals surface area (Å²) >= 11 is 0. The Morgan fingerprint density at radius 2 is 1.54 bits per heavy atom. The van der Waals surface area contributed by atoms with Gasteiger partial charge in [-0.3, -0.25) is 43.8 Å². The molecule has 16 nitrogen and oxygen atoms in total. The number of primary amides is 1. The predicted molar refractivity (Wildman–Crippen MR) is 203 cm³/mol. The molecule has 1 saturated heterocycles. The number of aliphatic hydroxyl groups excluding tert-OH is 1. The maximum Gasteiger partial charge on any atom is 0.249 e. The fraction of sp³-hybridized carbons (Fsp3) is 0.658. The van der Waals surface area contributed by atoms with Gasteiger partial charge in [0.15, 0.2) is 0 Å². The number of carbonyl (C=O) groups excluding carboxylic acids is 7. The molecular formula is C38H62N8O8. The van der Waals surface area contributed by atoms with Gasteiger partial charge in [-0.05, 0) is 55.5 Å². The Hall–Kier alpha value is -4.41. The zero-order valence-corrected chi connectivity index (χ0v) is 32.7. The SMILES string of the molecule is CCC(C)[C@H](NC(=O)[C@@H]1CCCN1C[C@H](O)[C@H](Cc1ccccc1)NC(=O)[C@@H](N)CC(=O)NC(=O)[C@H](CC(C)C)NC(C)=O)C(=O)N[C@H](C(N)=O)C(C)C. The lowest BCUT2D eigenvalue weighted by atomic mass is 9.96. The van der Waals surface area contributed by atoms with Gasteiger partial charge in [0.2, 0.25) is 41.4 Å². The van der Waals surface area contributed by atoms with Crippen molar-refractivity contribution in [2.45, 2.75) is 129 Å². The third-order valence-electron chi connectivity index (χ3n) is 9.65. The second-order valence-corrected chi connectivity index (χ2v) is 15.1. The quantitative estimate of drug-likeness (QED) is 0.0806. The first kappa shape index (κ1) is 45.7. The van der Waals surface area contributed by atoms with Crippen molar-refractivity contribution in [3.8, 4) is 0 Å². The van der Waals surface area contributed by atoms with Crippen LogP contribution >= 0.6 is 0 Å². The molecular weight excluding hydrogens is 696 g/mol. The molecule has 1 aliphatic rings. The molecule has 54 heavy (non-hydrogen) atoms. The first-order chi connectivity index (χ1) is 25.3. The topological polar surface area (TPSA) is 255 Å². The van der Waals surface area contributed by atoms with Crippen molar-refractivity contribution < 1.29 is 38.7 Å². The summed E-state index contributed by atoms with van der Waals surface area (Å²) in [4.78, 5) is 91.2. The van der Waals surface area contributed by atoms with E-state index in [1.807, 2.05) is 58.0 Å². The monoisotopic (exact) mass is 758 g/mol. The van der Waals surface area contributed by atoms with E-state index in [1.54, 1.807) is 18.7 Å². The second-order valence-electron chi connectivity index (χ2n) is 15.1. The van der Waals surface area contributed by atoms with E-state index in [2.05, 4.69) is 26.6 Å². The molecule has 0 spiro atoms. The number of hydrogen-bond acceptors (Lipinski definition) is 10. The molecule has 0 aliphatic carbocycles.